The molecule has 1 saturated carbocycles. The molecule has 1 aliphatic rings. The first-order valence-corrected chi connectivity index (χ1v) is 7.66. The number of aliphatic hydroxyl groups is 1. The summed E-state index contributed by atoms with van der Waals surface area (Å²) >= 11 is 5.75. The fourth-order valence-corrected chi connectivity index (χ4v) is 3.98. The van der Waals surface area contributed by atoms with Gasteiger partial charge in [0.05, 0.1) is 11.1 Å². The first-order valence-electron chi connectivity index (χ1n) is 5.80. The van der Waals surface area contributed by atoms with Crippen LogP contribution in [0.5, 0.6) is 0 Å². The maximum atomic E-state index is 12.9. The summed E-state index contributed by atoms with van der Waals surface area (Å²) in [5.41, 5.74) is -0.528. The van der Waals surface area contributed by atoms with E-state index in [9.17, 15) is 17.9 Å². The van der Waals surface area contributed by atoms with E-state index in [-0.39, 0.29) is 16.0 Å². The third kappa shape index (κ3) is 2.63. The fourth-order valence-electron chi connectivity index (χ4n) is 2.05. The van der Waals surface area contributed by atoms with Crippen molar-refractivity contribution in [2.45, 2.75) is 37.3 Å². The molecule has 1 fully saturated rings. The second kappa shape index (κ2) is 4.70. The Balaban J connectivity index is 2.25. The van der Waals surface area contributed by atoms with Crippen molar-refractivity contribution in [1.82, 2.24) is 4.72 Å². The van der Waals surface area contributed by atoms with Gasteiger partial charge in [0.1, 0.15) is 10.7 Å². The van der Waals surface area contributed by atoms with E-state index in [2.05, 4.69) is 4.72 Å². The van der Waals surface area contributed by atoms with Crippen LogP contribution in [0.2, 0.25) is 5.02 Å². The average molecular weight is 308 g/mol. The Morgan fingerprint density at radius 1 is 1.47 bits per heavy atom. The molecule has 0 saturated heterocycles. The van der Waals surface area contributed by atoms with E-state index < -0.39 is 27.4 Å². The van der Waals surface area contributed by atoms with Crippen molar-refractivity contribution in [3.05, 3.63) is 29.0 Å². The third-order valence-electron chi connectivity index (χ3n) is 3.70. The van der Waals surface area contributed by atoms with Crippen molar-refractivity contribution in [2.75, 3.05) is 0 Å². The van der Waals surface area contributed by atoms with Crippen LogP contribution in [-0.4, -0.2) is 25.7 Å². The molecule has 7 heteroatoms. The normalized spacial score (nSPS) is 25.9. The van der Waals surface area contributed by atoms with E-state index in [0.29, 0.717) is 6.42 Å². The molecular formula is C12H15ClFNO3S. The average Bonchev–Trinajstić information content (AvgIpc) is 2.27. The topological polar surface area (TPSA) is 66.4 Å². The van der Waals surface area contributed by atoms with Crippen LogP contribution in [0.25, 0.3) is 0 Å². The molecule has 4 nitrogen and oxygen atoms in total. The lowest BCUT2D eigenvalue weighted by molar-refractivity contribution is -0.0645. The summed E-state index contributed by atoms with van der Waals surface area (Å²) < 4.78 is 39.7. The summed E-state index contributed by atoms with van der Waals surface area (Å²) in [6, 6.07) is 2.76. The van der Waals surface area contributed by atoms with Gasteiger partial charge in [0.25, 0.3) is 0 Å². The smallest absolute Gasteiger partial charge is 0.242 e. The SMILES string of the molecule is CC1(C)C(O)CC1NS(=O)(=O)c1ccc(F)cc1Cl. The zero-order chi connectivity index (χ0) is 14.4. The molecule has 1 aromatic carbocycles. The molecule has 0 bridgehead atoms. The molecule has 1 aliphatic carbocycles. The molecule has 2 unspecified atom stereocenters. The van der Waals surface area contributed by atoms with Crippen LogP contribution in [0.4, 0.5) is 4.39 Å². The zero-order valence-corrected chi connectivity index (χ0v) is 12.1. The summed E-state index contributed by atoms with van der Waals surface area (Å²) in [6.07, 6.45) is -0.186. The first-order chi connectivity index (χ1) is 8.64. The van der Waals surface area contributed by atoms with Crippen molar-refractivity contribution >= 4 is 21.6 Å². The molecule has 2 atom stereocenters. The van der Waals surface area contributed by atoms with Gasteiger partial charge in [-0.05, 0) is 24.6 Å². The standard InChI is InChI=1S/C12H15ClFNO3S/c1-12(2)10(6-11(12)16)15-19(17,18)9-4-3-7(14)5-8(9)13/h3-5,10-11,15-16H,6H2,1-2H3. The number of benzene rings is 1. The molecular weight excluding hydrogens is 293 g/mol. The Morgan fingerprint density at radius 2 is 2.11 bits per heavy atom. The number of nitrogens with one attached hydrogen (secondary N) is 1. The van der Waals surface area contributed by atoms with Crippen molar-refractivity contribution in [3.8, 4) is 0 Å². The maximum Gasteiger partial charge on any atom is 0.242 e. The Hall–Kier alpha value is -0.690. The van der Waals surface area contributed by atoms with Gasteiger partial charge >= 0.3 is 0 Å². The van der Waals surface area contributed by atoms with Crippen LogP contribution >= 0.6 is 11.6 Å². The summed E-state index contributed by atoms with van der Waals surface area (Å²) in [7, 11) is -3.82. The molecule has 0 aromatic heterocycles. The predicted octanol–water partition coefficient (Wildman–Crippen LogP) is 1.92. The highest BCUT2D eigenvalue weighted by Gasteiger charge is 2.49. The number of hydrogen-bond acceptors (Lipinski definition) is 3. The summed E-state index contributed by atoms with van der Waals surface area (Å²) in [5, 5.41) is 9.43. The van der Waals surface area contributed by atoms with Gasteiger partial charge in [-0.15, -0.1) is 0 Å². The molecule has 2 rings (SSSR count). The number of aliphatic hydroxyl groups excluding tert-OH is 1. The Kier molecular flexibility index (Phi) is 3.64. The van der Waals surface area contributed by atoms with Gasteiger partial charge in [0, 0.05) is 11.5 Å². The maximum absolute atomic E-state index is 12.9. The first kappa shape index (κ1) is 14.7. The van der Waals surface area contributed by atoms with Crippen molar-refractivity contribution in [2.24, 2.45) is 5.41 Å². The summed E-state index contributed by atoms with van der Waals surface area (Å²) in [6.45, 7) is 3.56. The zero-order valence-electron chi connectivity index (χ0n) is 10.5. The Morgan fingerprint density at radius 3 is 2.58 bits per heavy atom. The van der Waals surface area contributed by atoms with Crippen molar-refractivity contribution in [3.63, 3.8) is 0 Å². The van der Waals surface area contributed by atoms with E-state index in [0.717, 1.165) is 18.2 Å². The molecule has 0 radical (unpaired) electrons. The van der Waals surface area contributed by atoms with Crippen molar-refractivity contribution in [1.29, 1.82) is 0 Å². The number of sulfonamides is 1. The van der Waals surface area contributed by atoms with Crippen LogP contribution in [0.1, 0.15) is 20.3 Å². The lowest BCUT2D eigenvalue weighted by Crippen LogP contribution is -2.61. The molecule has 0 heterocycles. The minimum Gasteiger partial charge on any atom is -0.392 e. The molecule has 0 spiro atoms. The molecule has 0 aliphatic heterocycles. The number of halogens is 2. The van der Waals surface area contributed by atoms with Gasteiger partial charge in [0.2, 0.25) is 10.0 Å². The van der Waals surface area contributed by atoms with Gasteiger partial charge in [-0.25, -0.2) is 17.5 Å². The molecule has 19 heavy (non-hydrogen) atoms. The van der Waals surface area contributed by atoms with Crippen molar-refractivity contribution < 1.29 is 17.9 Å². The van der Waals surface area contributed by atoms with Gasteiger partial charge < -0.3 is 5.11 Å². The Labute approximate surface area is 116 Å². The summed E-state index contributed by atoms with van der Waals surface area (Å²) in [4.78, 5) is -0.159. The number of rotatable bonds is 3. The second-order valence-corrected chi connectivity index (χ2v) is 7.41. The van der Waals surface area contributed by atoms with Crippen LogP contribution in [0, 0.1) is 11.2 Å². The largest absolute Gasteiger partial charge is 0.392 e. The minimum absolute atomic E-state index is 0.159. The lowest BCUT2D eigenvalue weighted by atomic mass is 9.65. The van der Waals surface area contributed by atoms with Crippen LogP contribution in [0.3, 0.4) is 0 Å². The second-order valence-electron chi connectivity index (χ2n) is 5.32. The van der Waals surface area contributed by atoms with Gasteiger partial charge in [-0.2, -0.15) is 0 Å². The van der Waals surface area contributed by atoms with E-state index in [4.69, 9.17) is 11.6 Å². The third-order valence-corrected chi connectivity index (χ3v) is 5.65. The predicted molar refractivity (Wildman–Crippen MR) is 69.9 cm³/mol. The minimum atomic E-state index is -3.82. The monoisotopic (exact) mass is 307 g/mol. The molecule has 2 N–H and O–H groups in total. The fraction of sp³-hybridized carbons (Fsp3) is 0.500. The van der Waals surface area contributed by atoms with E-state index >= 15 is 0 Å². The Bertz CT molecular complexity index is 603. The quantitative estimate of drug-likeness (QED) is 0.896. The summed E-state index contributed by atoms with van der Waals surface area (Å²) in [5.74, 6) is -0.594. The highest BCUT2D eigenvalue weighted by atomic mass is 35.5. The highest BCUT2D eigenvalue weighted by molar-refractivity contribution is 7.89. The van der Waals surface area contributed by atoms with Crippen LogP contribution in [-0.2, 0) is 10.0 Å². The highest BCUT2D eigenvalue weighted by Crippen LogP contribution is 2.41. The molecule has 106 valence electrons. The van der Waals surface area contributed by atoms with Crippen LogP contribution < -0.4 is 4.72 Å². The van der Waals surface area contributed by atoms with E-state index in [1.807, 2.05) is 0 Å². The number of hydrogen-bond donors (Lipinski definition) is 2. The van der Waals surface area contributed by atoms with E-state index in [1.54, 1.807) is 13.8 Å². The van der Waals surface area contributed by atoms with Gasteiger partial charge in [-0.3, -0.25) is 0 Å². The molecule has 0 amide bonds. The molecule has 1 aromatic rings. The van der Waals surface area contributed by atoms with Gasteiger partial charge in [-0.1, -0.05) is 25.4 Å². The van der Waals surface area contributed by atoms with E-state index in [1.165, 1.54) is 0 Å². The van der Waals surface area contributed by atoms with Gasteiger partial charge in [0.15, 0.2) is 0 Å². The van der Waals surface area contributed by atoms with Crippen LogP contribution in [0.15, 0.2) is 23.1 Å². The lowest BCUT2D eigenvalue weighted by Gasteiger charge is -2.49.